The van der Waals surface area contributed by atoms with E-state index in [1.54, 1.807) is 0 Å². The van der Waals surface area contributed by atoms with Crippen molar-refractivity contribution in [1.82, 2.24) is 4.90 Å². The molecule has 2 saturated heterocycles. The minimum atomic E-state index is -0.179. The summed E-state index contributed by atoms with van der Waals surface area (Å²) in [6.07, 6.45) is 1.92. The molecule has 0 bridgehead atoms. The third-order valence-corrected chi connectivity index (χ3v) is 4.02. The molecule has 16 heavy (non-hydrogen) atoms. The average molecular weight is 228 g/mol. The van der Waals surface area contributed by atoms with E-state index in [1.165, 1.54) is 0 Å². The lowest BCUT2D eigenvalue weighted by molar-refractivity contribution is 0.0276. The van der Waals surface area contributed by atoms with Crippen LogP contribution in [0.3, 0.4) is 0 Å². The van der Waals surface area contributed by atoms with E-state index in [1.807, 2.05) is 6.92 Å². The van der Waals surface area contributed by atoms with Gasteiger partial charge in [-0.1, -0.05) is 0 Å². The summed E-state index contributed by atoms with van der Waals surface area (Å²) in [5.74, 6) is 0.919. The Balaban J connectivity index is 1.77. The number of hydrogen-bond acceptors (Lipinski definition) is 4. The molecule has 2 rings (SSSR count). The lowest BCUT2D eigenvalue weighted by Gasteiger charge is -2.32. The lowest BCUT2D eigenvalue weighted by Crippen LogP contribution is -2.44. The van der Waals surface area contributed by atoms with Crippen LogP contribution in [-0.2, 0) is 4.74 Å². The number of nitrogens with two attached hydrogens (primary N) is 1. The van der Waals surface area contributed by atoms with Crippen LogP contribution < -0.4 is 5.73 Å². The normalized spacial score (nSPS) is 38.8. The van der Waals surface area contributed by atoms with Crippen molar-refractivity contribution in [3.8, 4) is 0 Å². The second kappa shape index (κ2) is 5.45. The van der Waals surface area contributed by atoms with E-state index < -0.39 is 0 Å². The SMILES string of the molecule is CC(O)C1CCN(CC2COCCC2N)C1. The van der Waals surface area contributed by atoms with Crippen LogP contribution in [0.4, 0.5) is 0 Å². The van der Waals surface area contributed by atoms with Crippen molar-refractivity contribution in [3.05, 3.63) is 0 Å². The Morgan fingerprint density at radius 3 is 2.94 bits per heavy atom. The van der Waals surface area contributed by atoms with E-state index in [0.717, 1.165) is 45.7 Å². The fraction of sp³-hybridized carbons (Fsp3) is 1.00. The molecule has 4 unspecified atom stereocenters. The Morgan fingerprint density at radius 2 is 2.31 bits per heavy atom. The zero-order valence-electron chi connectivity index (χ0n) is 10.1. The van der Waals surface area contributed by atoms with Gasteiger partial charge in [0.15, 0.2) is 0 Å². The Labute approximate surface area is 97.7 Å². The summed E-state index contributed by atoms with van der Waals surface area (Å²) in [4.78, 5) is 2.43. The van der Waals surface area contributed by atoms with Crippen molar-refractivity contribution in [1.29, 1.82) is 0 Å². The number of likely N-dealkylation sites (tertiary alicyclic amines) is 1. The second-order valence-corrected chi connectivity index (χ2v) is 5.34. The van der Waals surface area contributed by atoms with Crippen LogP contribution in [0.5, 0.6) is 0 Å². The summed E-state index contributed by atoms with van der Waals surface area (Å²) < 4.78 is 5.48. The highest BCUT2D eigenvalue weighted by atomic mass is 16.5. The fourth-order valence-corrected chi connectivity index (χ4v) is 2.76. The number of ether oxygens (including phenoxy) is 1. The van der Waals surface area contributed by atoms with Gasteiger partial charge < -0.3 is 20.5 Å². The fourth-order valence-electron chi connectivity index (χ4n) is 2.76. The molecule has 94 valence electrons. The largest absolute Gasteiger partial charge is 0.393 e. The Morgan fingerprint density at radius 1 is 1.50 bits per heavy atom. The van der Waals surface area contributed by atoms with Gasteiger partial charge in [-0.25, -0.2) is 0 Å². The third-order valence-electron chi connectivity index (χ3n) is 4.02. The molecule has 0 aromatic carbocycles. The van der Waals surface area contributed by atoms with E-state index in [0.29, 0.717) is 17.9 Å². The van der Waals surface area contributed by atoms with Gasteiger partial charge in [0, 0.05) is 31.7 Å². The zero-order chi connectivity index (χ0) is 11.5. The van der Waals surface area contributed by atoms with E-state index in [2.05, 4.69) is 4.90 Å². The van der Waals surface area contributed by atoms with E-state index in [9.17, 15) is 5.11 Å². The third kappa shape index (κ3) is 2.94. The molecular formula is C12H24N2O2. The van der Waals surface area contributed by atoms with Crippen molar-refractivity contribution < 1.29 is 9.84 Å². The van der Waals surface area contributed by atoms with Crippen LogP contribution in [0.25, 0.3) is 0 Å². The molecule has 4 heteroatoms. The maximum absolute atomic E-state index is 9.55. The summed E-state index contributed by atoms with van der Waals surface area (Å²) in [5, 5.41) is 9.55. The molecule has 0 radical (unpaired) electrons. The van der Waals surface area contributed by atoms with Crippen LogP contribution in [0.15, 0.2) is 0 Å². The van der Waals surface area contributed by atoms with E-state index in [4.69, 9.17) is 10.5 Å². The first kappa shape index (κ1) is 12.3. The molecule has 4 atom stereocenters. The predicted molar refractivity (Wildman–Crippen MR) is 63.1 cm³/mol. The highest BCUT2D eigenvalue weighted by molar-refractivity contribution is 4.84. The number of rotatable bonds is 3. The Bertz CT molecular complexity index is 223. The van der Waals surface area contributed by atoms with Crippen LogP contribution in [0, 0.1) is 11.8 Å². The zero-order valence-corrected chi connectivity index (χ0v) is 10.1. The highest BCUT2D eigenvalue weighted by Gasteiger charge is 2.30. The van der Waals surface area contributed by atoms with Crippen LogP contribution in [0.1, 0.15) is 19.8 Å². The number of nitrogens with zero attached hydrogens (tertiary/aromatic N) is 1. The molecule has 2 heterocycles. The van der Waals surface area contributed by atoms with Crippen LogP contribution in [-0.4, -0.2) is 55.0 Å². The molecule has 0 spiro atoms. The van der Waals surface area contributed by atoms with Gasteiger partial charge in [-0.05, 0) is 32.2 Å². The molecule has 0 aromatic rings. The topological polar surface area (TPSA) is 58.7 Å². The minimum Gasteiger partial charge on any atom is -0.393 e. The summed E-state index contributed by atoms with van der Waals surface area (Å²) in [5.41, 5.74) is 6.10. The second-order valence-electron chi connectivity index (χ2n) is 5.34. The number of aliphatic hydroxyl groups excluding tert-OH is 1. The first-order valence-corrected chi connectivity index (χ1v) is 6.40. The molecular weight excluding hydrogens is 204 g/mol. The van der Waals surface area contributed by atoms with Gasteiger partial charge in [0.05, 0.1) is 12.7 Å². The average Bonchev–Trinajstić information content (AvgIpc) is 2.70. The predicted octanol–water partition coefficient (Wildman–Crippen LogP) is 0.0529. The first-order chi connectivity index (χ1) is 7.66. The Kier molecular flexibility index (Phi) is 4.19. The van der Waals surface area contributed by atoms with Crippen molar-refractivity contribution in [2.24, 2.45) is 17.6 Å². The van der Waals surface area contributed by atoms with Gasteiger partial charge in [-0.2, -0.15) is 0 Å². The summed E-state index contributed by atoms with van der Waals surface area (Å²) in [6, 6.07) is 0.291. The summed E-state index contributed by atoms with van der Waals surface area (Å²) >= 11 is 0. The van der Waals surface area contributed by atoms with Gasteiger partial charge in [0.2, 0.25) is 0 Å². The molecule has 4 nitrogen and oxygen atoms in total. The molecule has 2 aliphatic heterocycles. The number of aliphatic hydroxyl groups is 1. The maximum Gasteiger partial charge on any atom is 0.0552 e. The first-order valence-electron chi connectivity index (χ1n) is 6.40. The lowest BCUT2D eigenvalue weighted by atomic mass is 9.96. The van der Waals surface area contributed by atoms with Gasteiger partial charge in [0.25, 0.3) is 0 Å². The van der Waals surface area contributed by atoms with Crippen molar-refractivity contribution in [3.63, 3.8) is 0 Å². The van der Waals surface area contributed by atoms with Crippen molar-refractivity contribution in [2.45, 2.75) is 31.9 Å². The molecule has 2 fully saturated rings. The molecule has 0 aromatic heterocycles. The Hall–Kier alpha value is -0.160. The minimum absolute atomic E-state index is 0.179. The van der Waals surface area contributed by atoms with Gasteiger partial charge in [-0.3, -0.25) is 0 Å². The smallest absolute Gasteiger partial charge is 0.0552 e. The number of hydrogen-bond donors (Lipinski definition) is 2. The summed E-state index contributed by atoms with van der Waals surface area (Å²) in [6.45, 7) is 6.65. The van der Waals surface area contributed by atoms with Crippen molar-refractivity contribution >= 4 is 0 Å². The van der Waals surface area contributed by atoms with E-state index >= 15 is 0 Å². The monoisotopic (exact) mass is 228 g/mol. The summed E-state index contributed by atoms with van der Waals surface area (Å²) in [7, 11) is 0. The molecule has 2 aliphatic rings. The molecule has 0 amide bonds. The highest BCUT2D eigenvalue weighted by Crippen LogP contribution is 2.22. The maximum atomic E-state index is 9.55. The molecule has 3 N–H and O–H groups in total. The quantitative estimate of drug-likeness (QED) is 0.717. The van der Waals surface area contributed by atoms with Crippen LogP contribution in [0.2, 0.25) is 0 Å². The van der Waals surface area contributed by atoms with Crippen molar-refractivity contribution in [2.75, 3.05) is 32.8 Å². The standard InChI is InChI=1S/C12H24N2O2/c1-9(15)10-2-4-14(6-10)7-11-8-16-5-3-12(11)13/h9-12,15H,2-8,13H2,1H3. The van der Waals surface area contributed by atoms with Gasteiger partial charge in [0.1, 0.15) is 0 Å². The van der Waals surface area contributed by atoms with Gasteiger partial charge >= 0.3 is 0 Å². The van der Waals surface area contributed by atoms with E-state index in [-0.39, 0.29) is 6.10 Å². The molecule has 0 saturated carbocycles. The van der Waals surface area contributed by atoms with Crippen LogP contribution >= 0.6 is 0 Å². The molecule has 0 aliphatic carbocycles. The van der Waals surface area contributed by atoms with Gasteiger partial charge in [-0.15, -0.1) is 0 Å².